The molecule has 1 amide bonds. The lowest BCUT2D eigenvalue weighted by molar-refractivity contribution is 0.0759. The van der Waals surface area contributed by atoms with Gasteiger partial charge in [0.05, 0.1) is 11.7 Å². The Kier molecular flexibility index (Phi) is 4.50. The van der Waals surface area contributed by atoms with E-state index >= 15 is 0 Å². The molecule has 2 fully saturated rings. The van der Waals surface area contributed by atoms with Crippen LogP contribution < -0.4 is 0 Å². The van der Waals surface area contributed by atoms with Crippen molar-refractivity contribution in [1.29, 1.82) is 0 Å². The number of thioether (sulfide) groups is 1. The highest BCUT2D eigenvalue weighted by molar-refractivity contribution is 7.99. The van der Waals surface area contributed by atoms with E-state index in [1.54, 1.807) is 0 Å². The number of aromatic nitrogens is 2. The molecule has 4 rings (SSSR count). The standard InChI is InChI=1S/C16H20N4OS2/c21-16(12-2-3-14-15(10-12)18-23-17-14)20-6-1-5-19(7-8-20)13-4-9-22-11-13/h2-3,10,13H,1,4-9,11H2. The summed E-state index contributed by atoms with van der Waals surface area (Å²) in [6.07, 6.45) is 2.36. The van der Waals surface area contributed by atoms with Crippen LogP contribution in [0.4, 0.5) is 0 Å². The molecule has 1 aromatic heterocycles. The van der Waals surface area contributed by atoms with Crippen LogP contribution in [0.15, 0.2) is 18.2 Å². The lowest BCUT2D eigenvalue weighted by Gasteiger charge is -2.26. The highest BCUT2D eigenvalue weighted by Crippen LogP contribution is 2.23. The molecule has 0 saturated carbocycles. The molecule has 0 bridgehead atoms. The molecule has 23 heavy (non-hydrogen) atoms. The Morgan fingerprint density at radius 1 is 1.13 bits per heavy atom. The third-order valence-corrected chi connectivity index (χ3v) is 6.44. The number of amides is 1. The zero-order valence-corrected chi connectivity index (χ0v) is 14.6. The number of fused-ring (bicyclic) bond motifs is 1. The van der Waals surface area contributed by atoms with Gasteiger partial charge in [0, 0.05) is 43.5 Å². The quantitative estimate of drug-likeness (QED) is 0.834. The second kappa shape index (κ2) is 6.75. The van der Waals surface area contributed by atoms with Crippen LogP contribution in [0.1, 0.15) is 23.2 Å². The van der Waals surface area contributed by atoms with E-state index in [0.29, 0.717) is 6.04 Å². The van der Waals surface area contributed by atoms with Gasteiger partial charge >= 0.3 is 0 Å². The molecule has 1 atom stereocenters. The second-order valence-corrected chi connectivity index (χ2v) is 7.85. The predicted molar refractivity (Wildman–Crippen MR) is 95.2 cm³/mol. The number of rotatable bonds is 2. The zero-order valence-electron chi connectivity index (χ0n) is 13.0. The molecule has 2 aliphatic rings. The number of hydrogen-bond acceptors (Lipinski definition) is 6. The molecule has 0 spiro atoms. The van der Waals surface area contributed by atoms with Crippen LogP contribution in [0.2, 0.25) is 0 Å². The molecule has 1 unspecified atom stereocenters. The van der Waals surface area contributed by atoms with E-state index < -0.39 is 0 Å². The van der Waals surface area contributed by atoms with E-state index in [9.17, 15) is 4.79 Å². The first-order valence-corrected chi connectivity index (χ1v) is 10.0. The van der Waals surface area contributed by atoms with Crippen LogP contribution in [0.5, 0.6) is 0 Å². The van der Waals surface area contributed by atoms with Crippen molar-refractivity contribution in [3.05, 3.63) is 23.8 Å². The van der Waals surface area contributed by atoms with Crippen molar-refractivity contribution in [1.82, 2.24) is 18.5 Å². The Balaban J connectivity index is 1.45. The van der Waals surface area contributed by atoms with Gasteiger partial charge in [-0.25, -0.2) is 0 Å². The largest absolute Gasteiger partial charge is 0.337 e. The van der Waals surface area contributed by atoms with Crippen LogP contribution in [0, 0.1) is 0 Å². The number of hydrogen-bond donors (Lipinski definition) is 0. The normalized spacial score (nSPS) is 23.3. The molecule has 2 aliphatic heterocycles. The van der Waals surface area contributed by atoms with E-state index in [4.69, 9.17) is 0 Å². The predicted octanol–water partition coefficient (Wildman–Crippen LogP) is 2.34. The van der Waals surface area contributed by atoms with Crippen LogP contribution in [-0.4, -0.2) is 68.2 Å². The summed E-state index contributed by atoms with van der Waals surface area (Å²) in [6, 6.07) is 6.36. The maximum absolute atomic E-state index is 12.8. The van der Waals surface area contributed by atoms with Crippen LogP contribution >= 0.6 is 23.5 Å². The van der Waals surface area contributed by atoms with Gasteiger partial charge in [-0.15, -0.1) is 0 Å². The lowest BCUT2D eigenvalue weighted by atomic mass is 10.1. The van der Waals surface area contributed by atoms with Crippen molar-refractivity contribution < 1.29 is 4.79 Å². The van der Waals surface area contributed by atoms with E-state index in [1.165, 1.54) is 29.7 Å². The monoisotopic (exact) mass is 348 g/mol. The maximum atomic E-state index is 12.8. The zero-order chi connectivity index (χ0) is 15.6. The Hall–Kier alpha value is -1.18. The number of carbonyl (C=O) groups excluding carboxylic acids is 1. The average molecular weight is 348 g/mol. The van der Waals surface area contributed by atoms with E-state index in [0.717, 1.165) is 49.2 Å². The fraction of sp³-hybridized carbons (Fsp3) is 0.562. The first-order valence-electron chi connectivity index (χ1n) is 8.15. The molecule has 2 aromatic rings. The van der Waals surface area contributed by atoms with Gasteiger partial charge in [0.15, 0.2) is 0 Å². The van der Waals surface area contributed by atoms with Crippen LogP contribution in [0.25, 0.3) is 11.0 Å². The summed E-state index contributed by atoms with van der Waals surface area (Å²) < 4.78 is 8.44. The van der Waals surface area contributed by atoms with Gasteiger partial charge in [0.25, 0.3) is 5.91 Å². The fourth-order valence-corrected chi connectivity index (χ4v) is 5.19. The highest BCUT2D eigenvalue weighted by Gasteiger charge is 2.26. The fourth-order valence-electron chi connectivity index (χ4n) is 3.41. The first-order chi connectivity index (χ1) is 11.3. The Morgan fingerprint density at radius 3 is 2.91 bits per heavy atom. The number of benzene rings is 1. The number of nitrogens with zero attached hydrogens (tertiary/aromatic N) is 4. The molecule has 5 nitrogen and oxygen atoms in total. The molecule has 0 radical (unpaired) electrons. The molecule has 7 heteroatoms. The molecule has 0 aliphatic carbocycles. The van der Waals surface area contributed by atoms with Gasteiger partial charge in [0.2, 0.25) is 0 Å². The molecule has 0 N–H and O–H groups in total. The average Bonchev–Trinajstić information content (AvgIpc) is 3.21. The Morgan fingerprint density at radius 2 is 2.04 bits per heavy atom. The van der Waals surface area contributed by atoms with Crippen molar-refractivity contribution in [3.8, 4) is 0 Å². The van der Waals surface area contributed by atoms with E-state index in [-0.39, 0.29) is 5.91 Å². The minimum Gasteiger partial charge on any atom is -0.337 e. The van der Waals surface area contributed by atoms with Gasteiger partial charge in [-0.1, -0.05) is 0 Å². The van der Waals surface area contributed by atoms with Gasteiger partial charge in [-0.3, -0.25) is 9.69 Å². The Labute approximate surface area is 144 Å². The van der Waals surface area contributed by atoms with E-state index in [1.807, 2.05) is 23.1 Å². The van der Waals surface area contributed by atoms with Gasteiger partial charge < -0.3 is 4.90 Å². The smallest absolute Gasteiger partial charge is 0.253 e. The lowest BCUT2D eigenvalue weighted by Crippen LogP contribution is -2.39. The summed E-state index contributed by atoms with van der Waals surface area (Å²) in [5.74, 6) is 2.66. The maximum Gasteiger partial charge on any atom is 0.253 e. The molecule has 2 saturated heterocycles. The summed E-state index contributed by atoms with van der Waals surface area (Å²) in [4.78, 5) is 17.4. The topological polar surface area (TPSA) is 49.3 Å². The summed E-state index contributed by atoms with van der Waals surface area (Å²) >= 11 is 3.25. The molecule has 3 heterocycles. The molecular formula is C16H20N4OS2. The minimum atomic E-state index is 0.127. The van der Waals surface area contributed by atoms with Crippen molar-refractivity contribution in [3.63, 3.8) is 0 Å². The van der Waals surface area contributed by atoms with Crippen LogP contribution in [0.3, 0.4) is 0 Å². The summed E-state index contributed by atoms with van der Waals surface area (Å²) in [5.41, 5.74) is 2.42. The van der Waals surface area contributed by atoms with Crippen molar-refractivity contribution in [2.45, 2.75) is 18.9 Å². The molecule has 122 valence electrons. The third-order valence-electron chi connectivity index (χ3n) is 4.74. The highest BCUT2D eigenvalue weighted by atomic mass is 32.2. The van der Waals surface area contributed by atoms with Crippen molar-refractivity contribution >= 4 is 40.4 Å². The second-order valence-electron chi connectivity index (χ2n) is 6.17. The summed E-state index contributed by atoms with van der Waals surface area (Å²) in [6.45, 7) is 3.79. The van der Waals surface area contributed by atoms with Gasteiger partial charge in [-0.05, 0) is 36.8 Å². The molecule has 1 aromatic carbocycles. The van der Waals surface area contributed by atoms with Gasteiger partial charge in [-0.2, -0.15) is 20.5 Å². The van der Waals surface area contributed by atoms with Crippen LogP contribution in [-0.2, 0) is 0 Å². The molecular weight excluding hydrogens is 328 g/mol. The third kappa shape index (κ3) is 3.22. The number of carbonyl (C=O) groups is 1. The Bertz CT molecular complexity index is 698. The van der Waals surface area contributed by atoms with Crippen molar-refractivity contribution in [2.75, 3.05) is 37.7 Å². The first kappa shape index (κ1) is 15.4. The SMILES string of the molecule is O=C(c1ccc2nsnc2c1)N1CCCN(C2CCSC2)CC1. The van der Waals surface area contributed by atoms with Gasteiger partial charge in [0.1, 0.15) is 11.0 Å². The summed E-state index contributed by atoms with van der Waals surface area (Å²) in [7, 11) is 0. The summed E-state index contributed by atoms with van der Waals surface area (Å²) in [5, 5.41) is 0. The van der Waals surface area contributed by atoms with Crippen molar-refractivity contribution in [2.24, 2.45) is 0 Å². The minimum absolute atomic E-state index is 0.127. The van der Waals surface area contributed by atoms with E-state index in [2.05, 4.69) is 25.4 Å².